The van der Waals surface area contributed by atoms with Crippen LogP contribution in [0.1, 0.15) is 49.0 Å². The molecule has 0 bridgehead atoms. The number of fused-ring (bicyclic) bond motifs is 1. The Morgan fingerprint density at radius 2 is 2.14 bits per heavy atom. The Bertz CT molecular complexity index is 642. The molecule has 3 rings (SSSR count). The third-order valence-electron chi connectivity index (χ3n) is 4.15. The van der Waals surface area contributed by atoms with Crippen molar-refractivity contribution in [1.29, 1.82) is 0 Å². The van der Waals surface area contributed by atoms with Crippen LogP contribution in [-0.4, -0.2) is 33.3 Å². The number of rotatable bonds is 3. The van der Waals surface area contributed by atoms with Crippen molar-refractivity contribution in [2.75, 3.05) is 6.61 Å². The third-order valence-corrected chi connectivity index (χ3v) is 4.15. The van der Waals surface area contributed by atoms with Gasteiger partial charge in [0.1, 0.15) is 0 Å². The van der Waals surface area contributed by atoms with Crippen LogP contribution >= 0.6 is 0 Å². The molecule has 21 heavy (non-hydrogen) atoms. The van der Waals surface area contributed by atoms with E-state index in [-0.39, 0.29) is 12.1 Å². The number of aliphatic hydroxyl groups is 1. The second-order valence-corrected chi connectivity index (χ2v) is 5.54. The van der Waals surface area contributed by atoms with Gasteiger partial charge < -0.3 is 14.4 Å². The molecule has 1 aliphatic rings. The molecule has 2 aromatic rings. The maximum atomic E-state index is 11.9. The van der Waals surface area contributed by atoms with E-state index in [1.54, 1.807) is 13.0 Å². The summed E-state index contributed by atoms with van der Waals surface area (Å²) in [5.74, 6) is -0.300. The summed E-state index contributed by atoms with van der Waals surface area (Å²) in [6.45, 7) is 2.17. The van der Waals surface area contributed by atoms with Gasteiger partial charge in [-0.2, -0.15) is 0 Å². The summed E-state index contributed by atoms with van der Waals surface area (Å²) in [5.41, 5.74) is 2.40. The molecule has 1 aromatic carbocycles. The van der Waals surface area contributed by atoms with E-state index in [9.17, 15) is 9.90 Å². The van der Waals surface area contributed by atoms with Gasteiger partial charge in [0.05, 0.1) is 35.6 Å². The quantitative estimate of drug-likeness (QED) is 0.882. The smallest absolute Gasteiger partial charge is 0.338 e. The van der Waals surface area contributed by atoms with E-state index in [2.05, 4.69) is 9.55 Å². The van der Waals surface area contributed by atoms with E-state index in [4.69, 9.17) is 4.74 Å². The molecule has 112 valence electrons. The summed E-state index contributed by atoms with van der Waals surface area (Å²) in [7, 11) is 0. The van der Waals surface area contributed by atoms with Gasteiger partial charge in [-0.3, -0.25) is 0 Å². The first-order valence-corrected chi connectivity index (χ1v) is 7.51. The molecule has 5 heteroatoms. The zero-order chi connectivity index (χ0) is 14.8. The molecule has 1 aliphatic carbocycles. The highest BCUT2D eigenvalue weighted by molar-refractivity contribution is 5.93. The standard InChI is InChI=1S/C16H20N2O3/c1-2-21-16(20)11-3-8-14-15(9-11)18(10-17-14)12-4-6-13(19)7-5-12/h3,8-10,12-13,19H,2,4-7H2,1H3. The minimum atomic E-state index is -0.300. The van der Waals surface area contributed by atoms with Crippen LogP contribution in [0.25, 0.3) is 11.0 Å². The van der Waals surface area contributed by atoms with Gasteiger partial charge in [0.15, 0.2) is 0 Å². The maximum Gasteiger partial charge on any atom is 0.338 e. The first kappa shape index (κ1) is 14.1. The van der Waals surface area contributed by atoms with Crippen LogP contribution in [0.4, 0.5) is 0 Å². The van der Waals surface area contributed by atoms with Crippen LogP contribution in [0, 0.1) is 0 Å². The number of esters is 1. The first-order valence-electron chi connectivity index (χ1n) is 7.51. The molecule has 1 N–H and O–H groups in total. The molecular formula is C16H20N2O3. The Balaban J connectivity index is 1.92. The van der Waals surface area contributed by atoms with E-state index in [0.29, 0.717) is 18.2 Å². The SMILES string of the molecule is CCOC(=O)c1ccc2ncn(C3CCC(O)CC3)c2c1. The van der Waals surface area contributed by atoms with E-state index in [1.807, 2.05) is 18.5 Å². The van der Waals surface area contributed by atoms with Crippen molar-refractivity contribution in [3.8, 4) is 0 Å². The molecule has 1 aromatic heterocycles. The highest BCUT2D eigenvalue weighted by atomic mass is 16.5. The molecule has 0 unspecified atom stereocenters. The Hall–Kier alpha value is -1.88. The predicted molar refractivity (Wildman–Crippen MR) is 79.2 cm³/mol. The molecule has 0 aliphatic heterocycles. The van der Waals surface area contributed by atoms with E-state index in [0.717, 1.165) is 36.7 Å². The number of aliphatic hydroxyl groups excluding tert-OH is 1. The van der Waals surface area contributed by atoms with Gasteiger partial charge in [0.25, 0.3) is 0 Å². The first-order chi connectivity index (χ1) is 10.2. The van der Waals surface area contributed by atoms with Gasteiger partial charge in [-0.1, -0.05) is 0 Å². The average Bonchev–Trinajstić information content (AvgIpc) is 2.91. The molecule has 0 saturated heterocycles. The second-order valence-electron chi connectivity index (χ2n) is 5.54. The normalized spacial score (nSPS) is 22.4. The van der Waals surface area contributed by atoms with Crippen molar-refractivity contribution >= 4 is 17.0 Å². The summed E-state index contributed by atoms with van der Waals surface area (Å²) in [6, 6.07) is 5.81. The van der Waals surface area contributed by atoms with Gasteiger partial charge in [-0.15, -0.1) is 0 Å². The van der Waals surface area contributed by atoms with Crippen LogP contribution in [0.3, 0.4) is 0 Å². The minimum absolute atomic E-state index is 0.175. The molecule has 1 saturated carbocycles. The number of nitrogens with zero attached hydrogens (tertiary/aromatic N) is 2. The molecule has 1 heterocycles. The summed E-state index contributed by atoms with van der Waals surface area (Å²) in [6.07, 6.45) is 5.18. The summed E-state index contributed by atoms with van der Waals surface area (Å²) >= 11 is 0. The molecule has 0 spiro atoms. The average molecular weight is 288 g/mol. The lowest BCUT2D eigenvalue weighted by molar-refractivity contribution is 0.0526. The van der Waals surface area contributed by atoms with Crippen molar-refractivity contribution in [2.24, 2.45) is 0 Å². The number of hydrogen-bond donors (Lipinski definition) is 1. The fourth-order valence-electron chi connectivity index (χ4n) is 2.99. The Morgan fingerprint density at radius 1 is 1.38 bits per heavy atom. The summed E-state index contributed by atoms with van der Waals surface area (Å²) in [4.78, 5) is 16.3. The van der Waals surface area contributed by atoms with E-state index >= 15 is 0 Å². The molecular weight excluding hydrogens is 268 g/mol. The second kappa shape index (κ2) is 5.85. The molecule has 5 nitrogen and oxygen atoms in total. The van der Waals surface area contributed by atoms with Crippen molar-refractivity contribution < 1.29 is 14.6 Å². The highest BCUT2D eigenvalue weighted by Crippen LogP contribution is 2.31. The van der Waals surface area contributed by atoms with Gasteiger partial charge in [-0.05, 0) is 50.8 Å². The molecule has 1 fully saturated rings. The fraction of sp³-hybridized carbons (Fsp3) is 0.500. The zero-order valence-electron chi connectivity index (χ0n) is 12.2. The van der Waals surface area contributed by atoms with Gasteiger partial charge in [0, 0.05) is 6.04 Å². The van der Waals surface area contributed by atoms with Gasteiger partial charge >= 0.3 is 5.97 Å². The van der Waals surface area contributed by atoms with Crippen LogP contribution in [0.15, 0.2) is 24.5 Å². The number of benzene rings is 1. The van der Waals surface area contributed by atoms with Crippen LogP contribution in [0.5, 0.6) is 0 Å². The predicted octanol–water partition coefficient (Wildman–Crippen LogP) is 2.69. The van der Waals surface area contributed by atoms with Gasteiger partial charge in [0.2, 0.25) is 0 Å². The van der Waals surface area contributed by atoms with Crippen molar-refractivity contribution in [2.45, 2.75) is 44.8 Å². The van der Waals surface area contributed by atoms with E-state index in [1.165, 1.54) is 0 Å². The number of aromatic nitrogens is 2. The lowest BCUT2D eigenvalue weighted by Gasteiger charge is -2.26. The van der Waals surface area contributed by atoms with Crippen molar-refractivity contribution in [3.05, 3.63) is 30.1 Å². The summed E-state index contributed by atoms with van der Waals surface area (Å²) in [5, 5.41) is 9.63. The molecule has 0 radical (unpaired) electrons. The fourth-order valence-corrected chi connectivity index (χ4v) is 2.99. The monoisotopic (exact) mass is 288 g/mol. The Labute approximate surface area is 123 Å². The molecule has 0 amide bonds. The molecule has 0 atom stereocenters. The lowest BCUT2D eigenvalue weighted by atomic mass is 9.93. The Morgan fingerprint density at radius 3 is 2.86 bits per heavy atom. The van der Waals surface area contributed by atoms with E-state index < -0.39 is 0 Å². The minimum Gasteiger partial charge on any atom is -0.462 e. The zero-order valence-corrected chi connectivity index (χ0v) is 12.2. The van der Waals surface area contributed by atoms with Gasteiger partial charge in [-0.25, -0.2) is 9.78 Å². The number of ether oxygens (including phenoxy) is 1. The topological polar surface area (TPSA) is 64.3 Å². The number of hydrogen-bond acceptors (Lipinski definition) is 4. The number of carbonyl (C=O) groups is 1. The maximum absolute atomic E-state index is 11.9. The number of imidazole rings is 1. The number of carbonyl (C=O) groups excluding carboxylic acids is 1. The highest BCUT2D eigenvalue weighted by Gasteiger charge is 2.22. The largest absolute Gasteiger partial charge is 0.462 e. The third kappa shape index (κ3) is 2.78. The van der Waals surface area contributed by atoms with Crippen molar-refractivity contribution in [3.63, 3.8) is 0 Å². The van der Waals surface area contributed by atoms with Crippen LogP contribution < -0.4 is 0 Å². The summed E-state index contributed by atoms with van der Waals surface area (Å²) < 4.78 is 7.18. The van der Waals surface area contributed by atoms with Crippen molar-refractivity contribution in [1.82, 2.24) is 9.55 Å². The van der Waals surface area contributed by atoms with Crippen LogP contribution in [-0.2, 0) is 4.74 Å². The lowest BCUT2D eigenvalue weighted by Crippen LogP contribution is -2.20. The Kier molecular flexibility index (Phi) is 3.92. The van der Waals surface area contributed by atoms with Crippen LogP contribution in [0.2, 0.25) is 0 Å².